The molecule has 0 aromatic heterocycles. The number of carbonyl (C=O) groups excluding carboxylic acids is 1. The number of hydrogen-bond donors (Lipinski definition) is 1. The van der Waals surface area contributed by atoms with Crippen molar-refractivity contribution in [3.8, 4) is 11.5 Å². The van der Waals surface area contributed by atoms with E-state index in [4.69, 9.17) is 9.47 Å². The molecule has 2 aliphatic rings. The molecule has 1 amide bonds. The molecule has 2 fully saturated rings. The van der Waals surface area contributed by atoms with Crippen LogP contribution in [0.1, 0.15) is 12.8 Å². The van der Waals surface area contributed by atoms with E-state index in [0.29, 0.717) is 50.5 Å². The molecule has 0 bridgehead atoms. The molecule has 0 spiro atoms. The van der Waals surface area contributed by atoms with Gasteiger partial charge in [0.2, 0.25) is 26.0 Å². The molecule has 38 heavy (non-hydrogen) atoms. The number of rotatable bonds is 8. The largest absolute Gasteiger partial charge is 0.497 e. The summed E-state index contributed by atoms with van der Waals surface area (Å²) >= 11 is 0. The van der Waals surface area contributed by atoms with E-state index in [1.54, 1.807) is 18.2 Å². The monoisotopic (exact) mass is 566 g/mol. The Balaban J connectivity index is 1.43. The summed E-state index contributed by atoms with van der Waals surface area (Å²) in [4.78, 5) is 15.3. The Hall–Kier alpha value is -2.71. The number of likely N-dealkylation sites (N-methyl/N-ethyl adjacent to an activating group) is 1. The van der Waals surface area contributed by atoms with Crippen molar-refractivity contribution in [1.82, 2.24) is 13.5 Å². The number of nitrogens with one attached hydrogen (secondary N) is 1. The van der Waals surface area contributed by atoms with Crippen molar-refractivity contribution in [1.29, 1.82) is 0 Å². The second-order valence-corrected chi connectivity index (χ2v) is 13.3. The van der Waals surface area contributed by atoms with Crippen LogP contribution in [0.4, 0.5) is 5.69 Å². The van der Waals surface area contributed by atoms with Gasteiger partial charge in [-0.25, -0.2) is 16.8 Å². The van der Waals surface area contributed by atoms with Crippen LogP contribution in [0.2, 0.25) is 0 Å². The lowest BCUT2D eigenvalue weighted by molar-refractivity contribution is -0.120. The van der Waals surface area contributed by atoms with Gasteiger partial charge in [0.15, 0.2) is 0 Å². The van der Waals surface area contributed by atoms with Gasteiger partial charge in [-0.15, -0.1) is 0 Å². The summed E-state index contributed by atoms with van der Waals surface area (Å²) in [5.41, 5.74) is 0.446. The van der Waals surface area contributed by atoms with Crippen molar-refractivity contribution in [2.75, 3.05) is 65.9 Å². The summed E-state index contributed by atoms with van der Waals surface area (Å²) in [6, 6.07) is 10.6. The molecule has 2 aliphatic heterocycles. The van der Waals surface area contributed by atoms with Crippen molar-refractivity contribution in [3.63, 3.8) is 0 Å². The molecule has 4 rings (SSSR count). The van der Waals surface area contributed by atoms with Gasteiger partial charge < -0.3 is 19.7 Å². The maximum absolute atomic E-state index is 13.4. The zero-order chi connectivity index (χ0) is 27.5. The van der Waals surface area contributed by atoms with Crippen molar-refractivity contribution in [2.24, 2.45) is 5.92 Å². The highest BCUT2D eigenvalue weighted by atomic mass is 32.2. The number of piperazine rings is 1. The first-order chi connectivity index (χ1) is 18.1. The molecule has 0 unspecified atom stereocenters. The van der Waals surface area contributed by atoms with Crippen LogP contribution in [0.25, 0.3) is 0 Å². The number of benzene rings is 2. The van der Waals surface area contributed by atoms with Gasteiger partial charge in [-0.1, -0.05) is 0 Å². The SMILES string of the molecule is COc1ccc(OC)c(S(=O)(=O)N2CCC[C@@H](C(=O)Nc3ccc(S(=O)(=O)N4CCN(C)CC4)cc3)C2)c1. The van der Waals surface area contributed by atoms with Crippen LogP contribution in [-0.2, 0) is 24.8 Å². The van der Waals surface area contributed by atoms with Crippen molar-refractivity contribution in [3.05, 3.63) is 42.5 Å². The highest BCUT2D eigenvalue weighted by Crippen LogP contribution is 2.33. The number of carbonyl (C=O) groups is 1. The van der Waals surface area contributed by atoms with Crippen molar-refractivity contribution in [2.45, 2.75) is 22.6 Å². The minimum absolute atomic E-state index is 0.0162. The molecule has 11 nitrogen and oxygen atoms in total. The predicted molar refractivity (Wildman–Crippen MR) is 142 cm³/mol. The van der Waals surface area contributed by atoms with Gasteiger partial charge in [0, 0.05) is 51.0 Å². The van der Waals surface area contributed by atoms with Gasteiger partial charge in [-0.05, 0) is 56.3 Å². The van der Waals surface area contributed by atoms with Gasteiger partial charge in [-0.2, -0.15) is 8.61 Å². The van der Waals surface area contributed by atoms with Gasteiger partial charge in [0.1, 0.15) is 16.4 Å². The number of hydrogen-bond acceptors (Lipinski definition) is 8. The van der Waals surface area contributed by atoms with Gasteiger partial charge >= 0.3 is 0 Å². The Labute approximate surface area is 224 Å². The molecule has 2 saturated heterocycles. The van der Waals surface area contributed by atoms with Gasteiger partial charge in [-0.3, -0.25) is 4.79 Å². The summed E-state index contributed by atoms with van der Waals surface area (Å²) < 4.78 is 66.0. The van der Waals surface area contributed by atoms with E-state index in [9.17, 15) is 21.6 Å². The van der Waals surface area contributed by atoms with Crippen LogP contribution in [-0.4, -0.2) is 96.8 Å². The molecule has 1 atom stereocenters. The lowest BCUT2D eigenvalue weighted by Crippen LogP contribution is -2.47. The second kappa shape index (κ2) is 11.6. The number of amides is 1. The Morgan fingerprint density at radius 2 is 1.55 bits per heavy atom. The first kappa shape index (κ1) is 28.3. The molecule has 13 heteroatoms. The molecular formula is C25H34N4O7S2. The van der Waals surface area contributed by atoms with E-state index in [-0.39, 0.29) is 34.5 Å². The summed E-state index contributed by atoms with van der Waals surface area (Å²) in [6.07, 6.45) is 1.05. The summed E-state index contributed by atoms with van der Waals surface area (Å²) in [7, 11) is -2.74. The number of ether oxygens (including phenoxy) is 2. The molecule has 1 N–H and O–H groups in total. The Kier molecular flexibility index (Phi) is 8.62. The Morgan fingerprint density at radius 3 is 2.18 bits per heavy atom. The third kappa shape index (κ3) is 5.96. The highest BCUT2D eigenvalue weighted by molar-refractivity contribution is 7.89. The number of methoxy groups -OCH3 is 2. The molecular weight excluding hydrogens is 532 g/mol. The Bertz CT molecular complexity index is 1360. The predicted octanol–water partition coefficient (Wildman–Crippen LogP) is 1.68. The Morgan fingerprint density at radius 1 is 0.868 bits per heavy atom. The van der Waals surface area contributed by atoms with Crippen LogP contribution in [0.3, 0.4) is 0 Å². The van der Waals surface area contributed by atoms with Crippen LogP contribution in [0.5, 0.6) is 11.5 Å². The maximum Gasteiger partial charge on any atom is 0.246 e. The number of anilines is 1. The van der Waals surface area contributed by atoms with E-state index in [1.165, 1.54) is 47.1 Å². The van der Waals surface area contributed by atoms with E-state index in [2.05, 4.69) is 10.2 Å². The smallest absolute Gasteiger partial charge is 0.246 e. The first-order valence-corrected chi connectivity index (χ1v) is 15.3. The topological polar surface area (TPSA) is 126 Å². The number of piperidine rings is 1. The third-order valence-electron chi connectivity index (χ3n) is 6.97. The minimum atomic E-state index is -3.94. The molecule has 0 aliphatic carbocycles. The standard InChI is InChI=1S/C25H34N4O7S2/c1-27-13-15-28(16-14-27)37(31,32)22-9-6-20(7-10-22)26-25(30)19-5-4-12-29(18-19)38(33,34)24-17-21(35-2)8-11-23(24)36-3/h6-11,17,19H,4-5,12-16,18H2,1-3H3,(H,26,30)/t19-/m1/s1. The number of nitrogens with zero attached hydrogens (tertiary/aromatic N) is 3. The zero-order valence-electron chi connectivity index (χ0n) is 21.8. The molecule has 0 radical (unpaired) electrons. The zero-order valence-corrected chi connectivity index (χ0v) is 23.4. The quantitative estimate of drug-likeness (QED) is 0.512. The minimum Gasteiger partial charge on any atom is -0.497 e. The fourth-order valence-electron chi connectivity index (χ4n) is 4.63. The van der Waals surface area contributed by atoms with E-state index < -0.39 is 26.0 Å². The lowest BCUT2D eigenvalue weighted by atomic mass is 9.99. The molecule has 2 heterocycles. The summed E-state index contributed by atoms with van der Waals surface area (Å²) in [5, 5.41) is 2.81. The first-order valence-electron chi connectivity index (χ1n) is 12.4. The average molecular weight is 567 g/mol. The normalized spacial score (nSPS) is 20.1. The fraction of sp³-hybridized carbons (Fsp3) is 0.480. The summed E-state index contributed by atoms with van der Waals surface area (Å²) in [6.45, 7) is 2.51. The molecule has 0 saturated carbocycles. The third-order valence-corrected chi connectivity index (χ3v) is 10.8. The van der Waals surface area contributed by atoms with Crippen LogP contribution in [0, 0.1) is 5.92 Å². The van der Waals surface area contributed by atoms with Crippen molar-refractivity contribution < 1.29 is 31.1 Å². The molecule has 2 aromatic carbocycles. The van der Waals surface area contributed by atoms with Gasteiger partial charge in [0.05, 0.1) is 25.0 Å². The fourth-order valence-corrected chi connectivity index (χ4v) is 7.75. The molecule has 208 valence electrons. The van der Waals surface area contributed by atoms with Crippen LogP contribution >= 0.6 is 0 Å². The van der Waals surface area contributed by atoms with Crippen LogP contribution in [0.15, 0.2) is 52.3 Å². The second-order valence-electron chi connectivity index (χ2n) is 9.44. The summed E-state index contributed by atoms with van der Waals surface area (Å²) in [5.74, 6) is -0.307. The van der Waals surface area contributed by atoms with Gasteiger partial charge in [0.25, 0.3) is 0 Å². The van der Waals surface area contributed by atoms with E-state index >= 15 is 0 Å². The highest BCUT2D eigenvalue weighted by Gasteiger charge is 2.35. The lowest BCUT2D eigenvalue weighted by Gasteiger charge is -2.32. The van der Waals surface area contributed by atoms with Crippen molar-refractivity contribution >= 4 is 31.6 Å². The van der Waals surface area contributed by atoms with Crippen LogP contribution < -0.4 is 14.8 Å². The molecule has 2 aromatic rings. The van der Waals surface area contributed by atoms with E-state index in [0.717, 1.165) is 0 Å². The average Bonchev–Trinajstić information content (AvgIpc) is 2.93. The van der Waals surface area contributed by atoms with E-state index in [1.807, 2.05) is 7.05 Å². The number of sulfonamides is 2. The maximum atomic E-state index is 13.4.